The number of alkyl halides is 3. The van der Waals surface area contributed by atoms with E-state index in [0.717, 1.165) is 12.3 Å². The molecular weight excluding hydrogens is 387 g/mol. The van der Waals surface area contributed by atoms with Crippen LogP contribution in [0, 0.1) is 0 Å². The maximum absolute atomic E-state index is 13.0. The van der Waals surface area contributed by atoms with Crippen LogP contribution in [0.15, 0.2) is 42.6 Å². The van der Waals surface area contributed by atoms with Crippen molar-refractivity contribution in [1.82, 2.24) is 15.6 Å². The fourth-order valence-corrected chi connectivity index (χ4v) is 2.69. The number of hydrogen-bond donors (Lipinski definition) is 2. The van der Waals surface area contributed by atoms with E-state index in [4.69, 9.17) is 16.3 Å². The minimum absolute atomic E-state index is 0.0256. The highest BCUT2D eigenvalue weighted by molar-refractivity contribution is 6.30. The van der Waals surface area contributed by atoms with Gasteiger partial charge in [0, 0.05) is 11.2 Å². The molecule has 0 spiro atoms. The topological polar surface area (TPSA) is 80.3 Å². The summed E-state index contributed by atoms with van der Waals surface area (Å²) in [5, 5.41) is 5.39. The third-order valence-corrected chi connectivity index (χ3v) is 4.12. The number of carbonyl (C=O) groups is 2. The number of pyridine rings is 1. The first-order valence-electron chi connectivity index (χ1n) is 7.77. The lowest BCUT2D eigenvalue weighted by atomic mass is 9.98. The second kappa shape index (κ2) is 7.43. The number of ether oxygens (including phenoxy) is 1. The van der Waals surface area contributed by atoms with Crippen LogP contribution >= 0.6 is 11.6 Å². The number of cyclic esters (lactones) is 1. The summed E-state index contributed by atoms with van der Waals surface area (Å²) in [6.07, 6.45) is -5.42. The van der Waals surface area contributed by atoms with Crippen LogP contribution in [0.2, 0.25) is 5.02 Å². The molecule has 27 heavy (non-hydrogen) atoms. The number of hydrogen-bond acceptors (Lipinski definition) is 4. The van der Waals surface area contributed by atoms with Crippen molar-refractivity contribution >= 4 is 23.6 Å². The molecule has 3 rings (SSSR count). The van der Waals surface area contributed by atoms with Gasteiger partial charge < -0.3 is 15.4 Å². The highest BCUT2D eigenvalue weighted by atomic mass is 35.5. The molecule has 1 saturated heterocycles. The number of amides is 2. The summed E-state index contributed by atoms with van der Waals surface area (Å²) < 4.78 is 43.8. The zero-order valence-electron chi connectivity index (χ0n) is 13.6. The summed E-state index contributed by atoms with van der Waals surface area (Å²) in [5.74, 6) is -0.640. The summed E-state index contributed by atoms with van der Waals surface area (Å²) >= 11 is 5.86. The fourth-order valence-electron chi connectivity index (χ4n) is 2.57. The monoisotopic (exact) mass is 399 g/mol. The standard InChI is InChI=1S/C17H13ClF3N3O3/c18-11-3-1-9(2-4-11)14(24-15(25)12-8-23-16(26)27-12)10-5-6-22-13(7-10)17(19,20)21/h1-7,12,14H,8H2,(H,23,26)(H,24,25)/t12-,14?/m0/s1. The summed E-state index contributed by atoms with van der Waals surface area (Å²) in [7, 11) is 0. The largest absolute Gasteiger partial charge is 0.434 e. The van der Waals surface area contributed by atoms with Crippen molar-refractivity contribution in [3.63, 3.8) is 0 Å². The molecule has 6 nitrogen and oxygen atoms in total. The van der Waals surface area contributed by atoms with Gasteiger partial charge in [-0.3, -0.25) is 9.78 Å². The van der Waals surface area contributed by atoms with Crippen LogP contribution in [0.3, 0.4) is 0 Å². The molecule has 2 aromatic rings. The molecule has 142 valence electrons. The van der Waals surface area contributed by atoms with Gasteiger partial charge in [0.05, 0.1) is 12.6 Å². The summed E-state index contributed by atoms with van der Waals surface area (Å²) in [6.45, 7) is -0.0256. The average molecular weight is 400 g/mol. The van der Waals surface area contributed by atoms with Crippen molar-refractivity contribution in [3.8, 4) is 0 Å². The molecule has 0 aliphatic carbocycles. The molecule has 1 aromatic heterocycles. The normalized spacial score (nSPS) is 17.8. The Bertz CT molecular complexity index is 858. The molecular formula is C17H13ClF3N3O3. The van der Waals surface area contributed by atoms with Crippen LogP contribution in [0.25, 0.3) is 0 Å². The molecule has 2 N–H and O–H groups in total. The number of benzene rings is 1. The van der Waals surface area contributed by atoms with E-state index in [2.05, 4.69) is 15.6 Å². The second-order valence-corrected chi connectivity index (χ2v) is 6.18. The van der Waals surface area contributed by atoms with Gasteiger partial charge in [0.1, 0.15) is 5.69 Å². The fraction of sp³-hybridized carbons (Fsp3) is 0.235. The third-order valence-electron chi connectivity index (χ3n) is 3.87. The lowest BCUT2D eigenvalue weighted by Gasteiger charge is -2.22. The summed E-state index contributed by atoms with van der Waals surface area (Å²) in [6, 6.07) is 7.59. The smallest absolute Gasteiger partial charge is 0.433 e. The maximum atomic E-state index is 13.0. The number of aromatic nitrogens is 1. The Morgan fingerprint density at radius 1 is 1.26 bits per heavy atom. The van der Waals surface area contributed by atoms with Crippen molar-refractivity contribution in [2.45, 2.75) is 18.3 Å². The van der Waals surface area contributed by atoms with Gasteiger partial charge in [0.25, 0.3) is 5.91 Å². The number of alkyl carbamates (subject to hydrolysis) is 1. The maximum Gasteiger partial charge on any atom is 0.433 e. The van der Waals surface area contributed by atoms with E-state index in [1.807, 2.05) is 0 Å². The Labute approximate surface area is 156 Å². The SMILES string of the molecule is O=C1NC[C@@H](C(=O)NC(c2ccc(Cl)cc2)c2ccnc(C(F)(F)F)c2)O1. The van der Waals surface area contributed by atoms with Crippen LogP contribution in [-0.4, -0.2) is 29.6 Å². The van der Waals surface area contributed by atoms with Crippen LogP contribution < -0.4 is 10.6 Å². The Kier molecular flexibility index (Phi) is 5.22. The van der Waals surface area contributed by atoms with Crippen molar-refractivity contribution < 1.29 is 27.5 Å². The molecule has 1 aliphatic heterocycles. The Hall–Kier alpha value is -2.81. The number of rotatable bonds is 4. The Morgan fingerprint density at radius 3 is 2.56 bits per heavy atom. The molecule has 2 heterocycles. The number of nitrogens with zero attached hydrogens (tertiary/aromatic N) is 1. The van der Waals surface area contributed by atoms with Crippen LogP contribution in [0.5, 0.6) is 0 Å². The van der Waals surface area contributed by atoms with Gasteiger partial charge in [0.2, 0.25) is 0 Å². The lowest BCUT2D eigenvalue weighted by molar-refractivity contribution is -0.141. The minimum Gasteiger partial charge on any atom is -0.434 e. The van der Waals surface area contributed by atoms with Gasteiger partial charge in [-0.2, -0.15) is 13.2 Å². The molecule has 1 unspecified atom stereocenters. The molecule has 10 heteroatoms. The van der Waals surface area contributed by atoms with Crippen molar-refractivity contribution in [2.24, 2.45) is 0 Å². The molecule has 0 radical (unpaired) electrons. The van der Waals surface area contributed by atoms with Gasteiger partial charge in [0.15, 0.2) is 6.10 Å². The van der Waals surface area contributed by atoms with Crippen molar-refractivity contribution in [2.75, 3.05) is 6.54 Å². The Balaban J connectivity index is 1.94. The van der Waals surface area contributed by atoms with E-state index in [0.29, 0.717) is 10.6 Å². The molecule has 1 aliphatic rings. The zero-order valence-corrected chi connectivity index (χ0v) is 14.3. The van der Waals surface area contributed by atoms with E-state index >= 15 is 0 Å². The molecule has 1 fully saturated rings. The lowest BCUT2D eigenvalue weighted by Crippen LogP contribution is -2.39. The number of halogens is 4. The number of nitrogens with one attached hydrogen (secondary N) is 2. The quantitative estimate of drug-likeness (QED) is 0.828. The molecule has 1 aromatic carbocycles. The summed E-state index contributed by atoms with van der Waals surface area (Å²) in [4.78, 5) is 26.8. The summed E-state index contributed by atoms with van der Waals surface area (Å²) in [5.41, 5.74) is -0.406. The molecule has 2 amide bonds. The molecule has 2 atom stereocenters. The average Bonchev–Trinajstić information content (AvgIpc) is 3.06. The molecule has 0 bridgehead atoms. The number of carbonyl (C=O) groups excluding carboxylic acids is 2. The highest BCUT2D eigenvalue weighted by Crippen LogP contribution is 2.31. The first-order chi connectivity index (χ1) is 12.7. The van der Waals surface area contributed by atoms with Gasteiger partial charge in [-0.1, -0.05) is 23.7 Å². The van der Waals surface area contributed by atoms with Gasteiger partial charge in [-0.25, -0.2) is 4.79 Å². The highest BCUT2D eigenvalue weighted by Gasteiger charge is 2.34. The van der Waals surface area contributed by atoms with Gasteiger partial charge >= 0.3 is 12.3 Å². The third kappa shape index (κ3) is 4.48. The van der Waals surface area contributed by atoms with Crippen LogP contribution in [0.4, 0.5) is 18.0 Å². The van der Waals surface area contributed by atoms with E-state index in [-0.39, 0.29) is 12.1 Å². The van der Waals surface area contributed by atoms with Gasteiger partial charge in [-0.15, -0.1) is 0 Å². The van der Waals surface area contributed by atoms with E-state index in [9.17, 15) is 22.8 Å². The predicted molar refractivity (Wildman–Crippen MR) is 88.9 cm³/mol. The Morgan fingerprint density at radius 2 is 1.96 bits per heavy atom. The van der Waals surface area contributed by atoms with Crippen molar-refractivity contribution in [1.29, 1.82) is 0 Å². The van der Waals surface area contributed by atoms with E-state index in [1.54, 1.807) is 24.3 Å². The predicted octanol–water partition coefficient (Wildman–Crippen LogP) is 3.07. The van der Waals surface area contributed by atoms with Crippen LogP contribution in [0.1, 0.15) is 22.9 Å². The van der Waals surface area contributed by atoms with Gasteiger partial charge in [-0.05, 0) is 35.4 Å². The first-order valence-corrected chi connectivity index (χ1v) is 8.15. The molecule has 0 saturated carbocycles. The van der Waals surface area contributed by atoms with Crippen LogP contribution in [-0.2, 0) is 15.7 Å². The van der Waals surface area contributed by atoms with E-state index in [1.165, 1.54) is 6.07 Å². The zero-order chi connectivity index (χ0) is 19.6. The van der Waals surface area contributed by atoms with E-state index < -0.39 is 36.0 Å². The van der Waals surface area contributed by atoms with Crippen molar-refractivity contribution in [3.05, 3.63) is 64.4 Å². The minimum atomic E-state index is -4.63. The second-order valence-electron chi connectivity index (χ2n) is 5.74. The first kappa shape index (κ1) is 19.0.